The summed E-state index contributed by atoms with van der Waals surface area (Å²) in [5, 5.41) is 21.2. The molecule has 2 heterocycles. The lowest BCUT2D eigenvalue weighted by atomic mass is 10.4. The number of nitrogens with zero attached hydrogens (tertiary/aromatic N) is 5. The molecule has 112 valence electrons. The number of nitro groups is 1. The van der Waals surface area contributed by atoms with Crippen molar-refractivity contribution in [3.63, 3.8) is 0 Å². The molecule has 0 saturated heterocycles. The van der Waals surface area contributed by atoms with E-state index in [1.807, 2.05) is 6.92 Å². The molecule has 0 aliphatic heterocycles. The maximum absolute atomic E-state index is 11.9. The molecule has 0 spiro atoms. The molecule has 9 nitrogen and oxygen atoms in total. The lowest BCUT2D eigenvalue weighted by Gasteiger charge is -2.03. The number of nitrogens with one attached hydrogen (secondary N) is 1. The summed E-state index contributed by atoms with van der Waals surface area (Å²) in [6.45, 7) is 3.23. The maximum atomic E-state index is 11.9. The van der Waals surface area contributed by atoms with Gasteiger partial charge in [-0.25, -0.2) is 0 Å². The fraction of sp³-hybridized carbons (Fsp3) is 0.364. The summed E-state index contributed by atoms with van der Waals surface area (Å²) in [6.07, 6.45) is 4.21. The molecule has 0 fully saturated rings. The predicted octanol–water partition coefficient (Wildman–Crippen LogP) is 1.20. The molecule has 0 bridgehead atoms. The smallest absolute Gasteiger partial charge is 0.306 e. The first-order valence-corrected chi connectivity index (χ1v) is 6.98. The van der Waals surface area contributed by atoms with Gasteiger partial charge < -0.3 is 5.32 Å². The van der Waals surface area contributed by atoms with Crippen LogP contribution in [0.4, 0.5) is 5.69 Å². The van der Waals surface area contributed by atoms with Gasteiger partial charge in [0.25, 0.3) is 5.91 Å². The third-order valence-electron chi connectivity index (χ3n) is 2.71. The van der Waals surface area contributed by atoms with Gasteiger partial charge in [0.1, 0.15) is 12.4 Å². The SMILES string of the molecule is CCn1cc(Br)c(C(=O)NCCn2cc([N+](=O)[O-])cn2)n1. The highest BCUT2D eigenvalue weighted by atomic mass is 79.9. The molecule has 0 aromatic carbocycles. The minimum Gasteiger partial charge on any atom is -0.349 e. The van der Waals surface area contributed by atoms with E-state index in [9.17, 15) is 14.9 Å². The number of carbonyl (C=O) groups excluding carboxylic acids is 1. The third kappa shape index (κ3) is 3.66. The number of aromatic nitrogens is 4. The van der Waals surface area contributed by atoms with Crippen LogP contribution in [0, 0.1) is 10.1 Å². The molecule has 2 rings (SSSR count). The summed E-state index contributed by atoms with van der Waals surface area (Å²) in [5.41, 5.74) is 0.231. The molecule has 1 N–H and O–H groups in total. The van der Waals surface area contributed by atoms with E-state index in [1.54, 1.807) is 10.9 Å². The fourth-order valence-corrected chi connectivity index (χ4v) is 2.15. The summed E-state index contributed by atoms with van der Waals surface area (Å²) in [4.78, 5) is 21.9. The maximum Gasteiger partial charge on any atom is 0.306 e. The summed E-state index contributed by atoms with van der Waals surface area (Å²) in [6, 6.07) is 0. The highest BCUT2D eigenvalue weighted by molar-refractivity contribution is 9.10. The van der Waals surface area contributed by atoms with Crippen LogP contribution < -0.4 is 5.32 Å². The third-order valence-corrected chi connectivity index (χ3v) is 3.29. The van der Waals surface area contributed by atoms with Crippen molar-refractivity contribution in [3.05, 3.63) is 38.9 Å². The number of aryl methyl sites for hydroxylation is 1. The van der Waals surface area contributed by atoms with Crippen LogP contribution in [-0.4, -0.2) is 36.9 Å². The van der Waals surface area contributed by atoms with Crippen molar-refractivity contribution in [3.8, 4) is 0 Å². The Morgan fingerprint density at radius 2 is 2.24 bits per heavy atom. The van der Waals surface area contributed by atoms with Crippen molar-refractivity contribution in [1.82, 2.24) is 24.9 Å². The van der Waals surface area contributed by atoms with Crippen molar-refractivity contribution in [1.29, 1.82) is 0 Å². The number of amides is 1. The summed E-state index contributed by atoms with van der Waals surface area (Å²) in [7, 11) is 0. The van der Waals surface area contributed by atoms with E-state index in [0.717, 1.165) is 0 Å². The normalized spacial score (nSPS) is 10.6. The molecule has 0 radical (unpaired) electrons. The van der Waals surface area contributed by atoms with Crippen LogP contribution in [0.1, 0.15) is 17.4 Å². The molecule has 10 heteroatoms. The average molecular weight is 357 g/mol. The van der Waals surface area contributed by atoms with Gasteiger partial charge in [0.2, 0.25) is 0 Å². The van der Waals surface area contributed by atoms with E-state index in [1.165, 1.54) is 17.1 Å². The molecule has 2 aromatic heterocycles. The van der Waals surface area contributed by atoms with Gasteiger partial charge in [-0.1, -0.05) is 0 Å². The van der Waals surface area contributed by atoms with Gasteiger partial charge in [0.05, 0.1) is 15.9 Å². The van der Waals surface area contributed by atoms with Gasteiger partial charge in [0.15, 0.2) is 5.69 Å². The van der Waals surface area contributed by atoms with Crippen LogP contribution in [0.25, 0.3) is 0 Å². The zero-order valence-electron chi connectivity index (χ0n) is 11.2. The molecule has 0 saturated carbocycles. The molecule has 0 unspecified atom stereocenters. The Labute approximate surface area is 128 Å². The van der Waals surface area contributed by atoms with E-state index in [4.69, 9.17) is 0 Å². The Bertz CT molecular complexity index is 665. The Morgan fingerprint density at radius 1 is 1.48 bits per heavy atom. The van der Waals surface area contributed by atoms with Crippen molar-refractivity contribution in [2.24, 2.45) is 0 Å². The first kappa shape index (κ1) is 15.2. The fourth-order valence-electron chi connectivity index (χ4n) is 1.65. The van der Waals surface area contributed by atoms with Crippen molar-refractivity contribution < 1.29 is 9.72 Å². The second kappa shape index (κ2) is 6.48. The van der Waals surface area contributed by atoms with Gasteiger partial charge >= 0.3 is 5.69 Å². The predicted molar refractivity (Wildman–Crippen MR) is 76.8 cm³/mol. The van der Waals surface area contributed by atoms with Crippen molar-refractivity contribution in [2.75, 3.05) is 6.54 Å². The topological polar surface area (TPSA) is 108 Å². The molecule has 0 aliphatic carbocycles. The van der Waals surface area contributed by atoms with Gasteiger partial charge in [-0.2, -0.15) is 10.2 Å². The standard InChI is InChI=1S/C11H13BrN6O3/c1-2-16-7-9(12)10(15-16)11(19)13-3-4-17-6-8(5-14-17)18(20)21/h5-7H,2-4H2,1H3,(H,13,19). The summed E-state index contributed by atoms with van der Waals surface area (Å²) >= 11 is 3.28. The monoisotopic (exact) mass is 356 g/mol. The highest BCUT2D eigenvalue weighted by Crippen LogP contribution is 2.14. The van der Waals surface area contributed by atoms with E-state index in [0.29, 0.717) is 29.8 Å². The van der Waals surface area contributed by atoms with Gasteiger partial charge in [0, 0.05) is 19.3 Å². The van der Waals surface area contributed by atoms with Crippen molar-refractivity contribution >= 4 is 27.5 Å². The van der Waals surface area contributed by atoms with Gasteiger partial charge in [-0.3, -0.25) is 24.3 Å². The molecule has 2 aromatic rings. The first-order chi connectivity index (χ1) is 10.0. The summed E-state index contributed by atoms with van der Waals surface area (Å²) < 4.78 is 3.67. The largest absolute Gasteiger partial charge is 0.349 e. The van der Waals surface area contributed by atoms with E-state index >= 15 is 0 Å². The molecule has 1 amide bonds. The van der Waals surface area contributed by atoms with Crippen LogP contribution >= 0.6 is 15.9 Å². The van der Waals surface area contributed by atoms with Crippen LogP contribution in [0.3, 0.4) is 0 Å². The minimum absolute atomic E-state index is 0.0780. The average Bonchev–Trinajstić information content (AvgIpc) is 3.05. The van der Waals surface area contributed by atoms with Crippen LogP contribution in [0.15, 0.2) is 23.1 Å². The molecule has 0 atom stereocenters. The number of rotatable bonds is 6. The van der Waals surface area contributed by atoms with E-state index < -0.39 is 4.92 Å². The zero-order valence-corrected chi connectivity index (χ0v) is 12.8. The molecule has 0 aliphatic rings. The Hall–Kier alpha value is -2.23. The second-order valence-corrected chi connectivity index (χ2v) is 5.01. The van der Waals surface area contributed by atoms with E-state index in [-0.39, 0.29) is 11.6 Å². The zero-order chi connectivity index (χ0) is 15.4. The summed E-state index contributed by atoms with van der Waals surface area (Å²) in [5.74, 6) is -0.310. The lowest BCUT2D eigenvalue weighted by Crippen LogP contribution is -2.28. The Balaban J connectivity index is 1.88. The quantitative estimate of drug-likeness (QED) is 0.617. The number of carbonyl (C=O) groups is 1. The highest BCUT2D eigenvalue weighted by Gasteiger charge is 2.14. The van der Waals surface area contributed by atoms with Crippen LogP contribution in [-0.2, 0) is 13.1 Å². The minimum atomic E-state index is -0.517. The number of hydrogen-bond acceptors (Lipinski definition) is 5. The second-order valence-electron chi connectivity index (χ2n) is 4.16. The van der Waals surface area contributed by atoms with Gasteiger partial charge in [-0.15, -0.1) is 0 Å². The van der Waals surface area contributed by atoms with Crippen LogP contribution in [0.5, 0.6) is 0 Å². The molecule has 21 heavy (non-hydrogen) atoms. The van der Waals surface area contributed by atoms with Crippen molar-refractivity contribution in [2.45, 2.75) is 20.0 Å². The first-order valence-electron chi connectivity index (χ1n) is 6.19. The lowest BCUT2D eigenvalue weighted by molar-refractivity contribution is -0.385. The Morgan fingerprint density at radius 3 is 2.81 bits per heavy atom. The van der Waals surface area contributed by atoms with Gasteiger partial charge in [-0.05, 0) is 22.9 Å². The molecular formula is C11H13BrN6O3. The van der Waals surface area contributed by atoms with E-state index in [2.05, 4.69) is 31.4 Å². The molecular weight excluding hydrogens is 344 g/mol. The Kier molecular flexibility index (Phi) is 4.68. The number of hydrogen-bond donors (Lipinski definition) is 1. The number of halogens is 1. The van der Waals surface area contributed by atoms with Crippen LogP contribution in [0.2, 0.25) is 0 Å².